The summed E-state index contributed by atoms with van der Waals surface area (Å²) in [5, 5.41) is 4.45. The van der Waals surface area contributed by atoms with E-state index in [1.165, 1.54) is 3.97 Å². The molecule has 5 aromatic carbocycles. The SMILES string of the molecule is COc1ccc(CO[C@H]2[C@H](OCc3ccccc3)[C@@H](OCc3ccccc3)[C@H](OCCc3cn(S(=O)(=O)c4ccccc4)c4ccccc34)O[C@@H]2COCCCCCN=[N+]=[N-])cc1. The minimum Gasteiger partial charge on any atom is -0.497 e. The van der Waals surface area contributed by atoms with Crippen molar-refractivity contribution in [3.8, 4) is 5.75 Å². The lowest BCUT2D eigenvalue weighted by Gasteiger charge is -2.46. The van der Waals surface area contributed by atoms with Crippen molar-refractivity contribution in [3.63, 3.8) is 0 Å². The molecule has 0 spiro atoms. The fraction of sp³-hybridized carbons (Fsp3) is 0.347. The molecule has 0 radical (unpaired) electrons. The lowest BCUT2D eigenvalue weighted by atomic mass is 9.97. The Labute approximate surface area is 369 Å². The highest BCUT2D eigenvalue weighted by Gasteiger charge is 2.49. The molecule has 2 heterocycles. The van der Waals surface area contributed by atoms with E-state index in [9.17, 15) is 8.42 Å². The third kappa shape index (κ3) is 12.3. The minimum absolute atomic E-state index is 0.177. The number of rotatable bonds is 24. The van der Waals surface area contributed by atoms with E-state index in [0.29, 0.717) is 25.1 Å². The van der Waals surface area contributed by atoms with Crippen LogP contribution in [-0.4, -0.2) is 76.6 Å². The van der Waals surface area contributed by atoms with E-state index in [0.717, 1.165) is 52.7 Å². The van der Waals surface area contributed by atoms with Crippen molar-refractivity contribution in [1.82, 2.24) is 3.97 Å². The van der Waals surface area contributed by atoms with E-state index in [2.05, 4.69) is 10.0 Å². The van der Waals surface area contributed by atoms with Gasteiger partial charge in [0.25, 0.3) is 10.0 Å². The van der Waals surface area contributed by atoms with Gasteiger partial charge in [0.15, 0.2) is 6.29 Å². The quantitative estimate of drug-likeness (QED) is 0.0251. The topological polar surface area (TPSA) is 152 Å². The van der Waals surface area contributed by atoms with Gasteiger partial charge >= 0.3 is 0 Å². The van der Waals surface area contributed by atoms with E-state index in [-0.39, 0.29) is 37.9 Å². The molecule has 0 amide bonds. The third-order valence-electron chi connectivity index (χ3n) is 10.9. The van der Waals surface area contributed by atoms with Gasteiger partial charge in [0.2, 0.25) is 0 Å². The Morgan fingerprint density at radius 1 is 0.667 bits per heavy atom. The minimum atomic E-state index is -3.87. The zero-order chi connectivity index (χ0) is 43.7. The molecule has 63 heavy (non-hydrogen) atoms. The van der Waals surface area contributed by atoms with Crippen LogP contribution in [0.3, 0.4) is 0 Å². The number of hydrogen-bond donors (Lipinski definition) is 0. The number of fused-ring (bicyclic) bond motifs is 1. The number of benzene rings is 5. The Bertz CT molecular complexity index is 2450. The summed E-state index contributed by atoms with van der Waals surface area (Å²) in [6, 6.07) is 43.4. The van der Waals surface area contributed by atoms with Crippen LogP contribution < -0.4 is 4.74 Å². The van der Waals surface area contributed by atoms with Gasteiger partial charge in [-0.2, -0.15) is 0 Å². The molecular weight excluding hydrogens is 821 g/mol. The second-order valence-electron chi connectivity index (χ2n) is 15.2. The summed E-state index contributed by atoms with van der Waals surface area (Å²) in [6.45, 7) is 2.06. The van der Waals surface area contributed by atoms with Crippen LogP contribution in [0.25, 0.3) is 21.3 Å². The van der Waals surface area contributed by atoms with Crippen molar-refractivity contribution in [2.45, 2.75) is 81.1 Å². The van der Waals surface area contributed by atoms with Crippen molar-refractivity contribution >= 4 is 20.9 Å². The van der Waals surface area contributed by atoms with Gasteiger partial charge in [-0.05, 0) is 77.4 Å². The molecule has 330 valence electrons. The summed E-state index contributed by atoms with van der Waals surface area (Å²) in [7, 11) is -2.24. The van der Waals surface area contributed by atoms with E-state index in [1.54, 1.807) is 43.6 Å². The lowest BCUT2D eigenvalue weighted by molar-refractivity contribution is -0.328. The number of azide groups is 1. The molecule has 0 unspecified atom stereocenters. The first-order valence-corrected chi connectivity index (χ1v) is 22.7. The molecule has 1 aromatic heterocycles. The molecule has 1 aliphatic heterocycles. The summed E-state index contributed by atoms with van der Waals surface area (Å²) in [6.07, 6.45) is 0.803. The highest BCUT2D eigenvalue weighted by Crippen LogP contribution is 2.33. The molecule has 6 aromatic rings. The van der Waals surface area contributed by atoms with E-state index in [4.69, 9.17) is 38.7 Å². The molecule has 7 rings (SSSR count). The molecule has 5 atom stereocenters. The van der Waals surface area contributed by atoms with Gasteiger partial charge < -0.3 is 33.2 Å². The number of unbranched alkanes of at least 4 members (excludes halogenated alkanes) is 2. The van der Waals surface area contributed by atoms with Crippen LogP contribution >= 0.6 is 0 Å². The van der Waals surface area contributed by atoms with Gasteiger partial charge in [0, 0.05) is 29.6 Å². The number of para-hydroxylation sites is 1. The second-order valence-corrected chi connectivity index (χ2v) is 17.0. The molecule has 13 nitrogen and oxygen atoms in total. The smallest absolute Gasteiger partial charge is 0.268 e. The Morgan fingerprint density at radius 2 is 1.27 bits per heavy atom. The Kier molecular flexibility index (Phi) is 16.8. The number of ether oxygens (including phenoxy) is 7. The third-order valence-corrected chi connectivity index (χ3v) is 12.6. The maximum absolute atomic E-state index is 13.9. The predicted molar refractivity (Wildman–Crippen MR) is 240 cm³/mol. The van der Waals surface area contributed by atoms with E-state index < -0.39 is 40.7 Å². The lowest BCUT2D eigenvalue weighted by Crippen LogP contribution is -2.61. The van der Waals surface area contributed by atoms with Gasteiger partial charge in [-0.25, -0.2) is 12.4 Å². The first kappa shape index (κ1) is 45.5. The number of hydrogen-bond acceptors (Lipinski definition) is 10. The zero-order valence-electron chi connectivity index (χ0n) is 35.4. The van der Waals surface area contributed by atoms with Crippen molar-refractivity contribution in [3.05, 3.63) is 178 Å². The summed E-state index contributed by atoms with van der Waals surface area (Å²) >= 11 is 0. The van der Waals surface area contributed by atoms with Crippen molar-refractivity contribution in [1.29, 1.82) is 0 Å². The van der Waals surface area contributed by atoms with Crippen molar-refractivity contribution in [2.75, 3.05) is 33.5 Å². The standard InChI is InChI=1S/C49H54N4O9S/c1-56-41-26-24-39(25-27-41)35-59-46-45(36-57-30-15-5-14-29-51-52-50)62-49(48(61-34-38-18-8-3-9-19-38)47(46)60-33-37-16-6-2-7-17-37)58-31-28-40-32-53(44-23-13-12-22-43(40)44)63(54,55)42-20-10-4-11-21-42/h2-4,6-13,16-27,32,45-49H,5,14-15,28-31,33-36H2,1H3/t45-,46-,47+,48-,49-/m1/s1. The maximum atomic E-state index is 13.9. The molecule has 0 bridgehead atoms. The number of nitrogens with zero attached hydrogens (tertiary/aromatic N) is 4. The van der Waals surface area contributed by atoms with Crippen LogP contribution in [0.5, 0.6) is 5.75 Å². The summed E-state index contributed by atoms with van der Waals surface area (Å²) in [4.78, 5) is 3.05. The van der Waals surface area contributed by atoms with Gasteiger partial charge in [-0.15, -0.1) is 0 Å². The summed E-state index contributed by atoms with van der Waals surface area (Å²) in [5.41, 5.74) is 12.9. The van der Waals surface area contributed by atoms with Gasteiger partial charge in [0.1, 0.15) is 30.2 Å². The normalized spacial score (nSPS) is 18.8. The average molecular weight is 875 g/mol. The fourth-order valence-electron chi connectivity index (χ4n) is 7.58. The van der Waals surface area contributed by atoms with Crippen molar-refractivity contribution in [2.24, 2.45) is 5.11 Å². The maximum Gasteiger partial charge on any atom is 0.268 e. The number of aromatic nitrogens is 1. The van der Waals surface area contributed by atoms with E-state index >= 15 is 0 Å². The summed E-state index contributed by atoms with van der Waals surface area (Å²) < 4.78 is 74.7. The van der Waals surface area contributed by atoms with Crippen LogP contribution in [0.1, 0.15) is 41.5 Å². The Hall–Kier alpha value is -5.54. The highest BCUT2D eigenvalue weighted by atomic mass is 32.2. The molecule has 1 fully saturated rings. The second kappa shape index (κ2) is 23.2. The van der Waals surface area contributed by atoms with Crippen molar-refractivity contribution < 1.29 is 41.6 Å². The molecule has 1 saturated heterocycles. The van der Waals surface area contributed by atoms with E-state index in [1.807, 2.05) is 109 Å². The first-order chi connectivity index (χ1) is 30.9. The number of methoxy groups -OCH3 is 1. The monoisotopic (exact) mass is 874 g/mol. The van der Waals surface area contributed by atoms with Crippen LogP contribution in [-0.2, 0) is 64.7 Å². The van der Waals surface area contributed by atoms with Crippen LogP contribution in [0.4, 0.5) is 0 Å². The Balaban J connectivity index is 1.17. The highest BCUT2D eigenvalue weighted by molar-refractivity contribution is 7.90. The van der Waals surface area contributed by atoms with Gasteiger partial charge in [-0.3, -0.25) is 0 Å². The largest absolute Gasteiger partial charge is 0.497 e. The molecule has 0 aliphatic carbocycles. The van der Waals surface area contributed by atoms with Crippen LogP contribution in [0.2, 0.25) is 0 Å². The fourth-order valence-corrected chi connectivity index (χ4v) is 8.99. The summed E-state index contributed by atoms with van der Waals surface area (Å²) in [5.74, 6) is 0.742. The molecule has 0 N–H and O–H groups in total. The van der Waals surface area contributed by atoms with Crippen LogP contribution in [0.15, 0.2) is 156 Å². The predicted octanol–water partition coefficient (Wildman–Crippen LogP) is 9.42. The van der Waals surface area contributed by atoms with Gasteiger partial charge in [-0.1, -0.05) is 121 Å². The molecular formula is C49H54N4O9S. The Morgan fingerprint density at radius 3 is 1.94 bits per heavy atom. The first-order valence-electron chi connectivity index (χ1n) is 21.3. The van der Waals surface area contributed by atoms with Gasteiger partial charge in [0.05, 0.1) is 50.6 Å². The van der Waals surface area contributed by atoms with Crippen LogP contribution in [0, 0.1) is 0 Å². The average Bonchev–Trinajstić information content (AvgIpc) is 3.71. The molecule has 0 saturated carbocycles. The molecule has 14 heteroatoms. The zero-order valence-corrected chi connectivity index (χ0v) is 36.2. The molecule has 1 aliphatic rings.